The lowest BCUT2D eigenvalue weighted by atomic mass is 10.0. The van der Waals surface area contributed by atoms with E-state index in [1.54, 1.807) is 26.0 Å². The fraction of sp³-hybridized carbons (Fsp3) is 0.167. The van der Waals surface area contributed by atoms with Crippen LogP contribution in [0.5, 0.6) is 11.5 Å². The van der Waals surface area contributed by atoms with E-state index in [0.717, 1.165) is 17.0 Å². The van der Waals surface area contributed by atoms with Crippen LogP contribution in [-0.2, 0) is 11.3 Å². The number of urea groups is 1. The Morgan fingerprint density at radius 3 is 2.16 bits per heavy atom. The van der Waals surface area contributed by atoms with Crippen molar-refractivity contribution in [2.24, 2.45) is 0 Å². The van der Waals surface area contributed by atoms with Gasteiger partial charge in [0.25, 0.3) is 5.91 Å². The number of hydrogen-bond donors (Lipinski definition) is 0. The molecule has 3 aromatic carbocycles. The molecule has 1 aliphatic rings. The summed E-state index contributed by atoms with van der Waals surface area (Å²) in [5.41, 5.74) is -0.676. The number of nitrogens with zero attached hydrogens (tertiary/aromatic N) is 2. The second-order valence-corrected chi connectivity index (χ2v) is 7.72. The Labute approximate surface area is 178 Å². The summed E-state index contributed by atoms with van der Waals surface area (Å²) < 4.78 is 33.4. The minimum Gasteiger partial charge on any atom is -0.457 e. The van der Waals surface area contributed by atoms with Crippen LogP contribution in [-0.4, -0.2) is 22.4 Å². The molecule has 0 unspecified atom stereocenters. The highest BCUT2D eigenvalue weighted by Crippen LogP contribution is 2.36. The number of imide groups is 1. The zero-order valence-corrected chi connectivity index (χ0v) is 17.0. The van der Waals surface area contributed by atoms with Crippen molar-refractivity contribution in [2.75, 3.05) is 4.90 Å². The summed E-state index contributed by atoms with van der Waals surface area (Å²) in [6.45, 7) is 3.28. The quantitative estimate of drug-likeness (QED) is 0.510. The Kier molecular flexibility index (Phi) is 5.19. The summed E-state index contributed by atoms with van der Waals surface area (Å²) in [5.74, 6) is -1.12. The van der Waals surface area contributed by atoms with E-state index in [2.05, 4.69) is 0 Å². The lowest BCUT2D eigenvalue weighted by Crippen LogP contribution is -2.43. The second kappa shape index (κ2) is 7.83. The molecular weight excluding hydrogens is 402 g/mol. The molecule has 0 saturated carbocycles. The van der Waals surface area contributed by atoms with Gasteiger partial charge in [0.15, 0.2) is 0 Å². The number of ether oxygens (including phenoxy) is 1. The van der Waals surface area contributed by atoms with Crippen LogP contribution in [0.3, 0.4) is 0 Å². The van der Waals surface area contributed by atoms with Crippen molar-refractivity contribution in [3.05, 3.63) is 90.0 Å². The van der Waals surface area contributed by atoms with Crippen molar-refractivity contribution >= 4 is 17.6 Å². The van der Waals surface area contributed by atoms with Crippen molar-refractivity contribution in [3.8, 4) is 11.5 Å². The van der Waals surface area contributed by atoms with E-state index < -0.39 is 29.1 Å². The van der Waals surface area contributed by atoms with Gasteiger partial charge in [-0.05, 0) is 44.2 Å². The highest BCUT2D eigenvalue weighted by Gasteiger charge is 2.52. The number of rotatable bonds is 5. The third-order valence-electron chi connectivity index (χ3n) is 5.20. The third-order valence-corrected chi connectivity index (χ3v) is 5.20. The SMILES string of the molecule is CC1(C)C(=O)N(c2cc(F)cc(F)c2)C(=O)N1Cc1ccccc1Oc1ccccc1. The minimum atomic E-state index is -1.22. The van der Waals surface area contributed by atoms with Crippen molar-refractivity contribution < 1.29 is 23.1 Å². The molecule has 0 spiro atoms. The maximum atomic E-state index is 13.7. The number of carbonyl (C=O) groups is 2. The average Bonchev–Trinajstić information content (AvgIpc) is 2.89. The molecule has 0 bridgehead atoms. The number of anilines is 1. The summed E-state index contributed by atoms with van der Waals surface area (Å²) in [5, 5.41) is 0. The molecule has 5 nitrogen and oxygen atoms in total. The molecule has 0 N–H and O–H groups in total. The van der Waals surface area contributed by atoms with Gasteiger partial charge in [-0.15, -0.1) is 0 Å². The van der Waals surface area contributed by atoms with E-state index in [-0.39, 0.29) is 12.2 Å². The molecule has 7 heteroatoms. The van der Waals surface area contributed by atoms with E-state index >= 15 is 0 Å². The molecule has 0 radical (unpaired) electrons. The first-order valence-corrected chi connectivity index (χ1v) is 9.70. The van der Waals surface area contributed by atoms with E-state index in [4.69, 9.17) is 4.74 Å². The van der Waals surface area contributed by atoms with Gasteiger partial charge in [0.2, 0.25) is 0 Å². The Morgan fingerprint density at radius 2 is 1.48 bits per heavy atom. The van der Waals surface area contributed by atoms with E-state index in [9.17, 15) is 18.4 Å². The number of hydrogen-bond acceptors (Lipinski definition) is 3. The molecule has 1 aliphatic heterocycles. The summed E-state index contributed by atoms with van der Waals surface area (Å²) in [6.07, 6.45) is 0. The number of para-hydroxylation sites is 2. The Bertz CT molecular complexity index is 1130. The maximum Gasteiger partial charge on any atom is 0.332 e. The summed E-state index contributed by atoms with van der Waals surface area (Å²) in [4.78, 5) is 28.4. The summed E-state index contributed by atoms with van der Waals surface area (Å²) in [6, 6.07) is 18.3. The van der Waals surface area contributed by atoms with Gasteiger partial charge in [-0.1, -0.05) is 36.4 Å². The molecule has 1 saturated heterocycles. The molecule has 1 heterocycles. The highest BCUT2D eigenvalue weighted by molar-refractivity contribution is 6.22. The smallest absolute Gasteiger partial charge is 0.332 e. The number of amides is 3. The van der Waals surface area contributed by atoms with Gasteiger partial charge in [-0.2, -0.15) is 0 Å². The van der Waals surface area contributed by atoms with E-state index in [1.807, 2.05) is 42.5 Å². The highest BCUT2D eigenvalue weighted by atomic mass is 19.1. The second-order valence-electron chi connectivity index (χ2n) is 7.72. The van der Waals surface area contributed by atoms with Crippen LogP contribution in [0.15, 0.2) is 72.8 Å². The van der Waals surface area contributed by atoms with Crippen LogP contribution in [0, 0.1) is 11.6 Å². The predicted molar refractivity (Wildman–Crippen MR) is 112 cm³/mol. The van der Waals surface area contributed by atoms with Crippen molar-refractivity contribution in [1.82, 2.24) is 4.90 Å². The molecular formula is C24H20F2N2O3. The van der Waals surface area contributed by atoms with Gasteiger partial charge in [-0.3, -0.25) is 4.79 Å². The van der Waals surface area contributed by atoms with Crippen LogP contribution < -0.4 is 9.64 Å². The number of halogens is 2. The average molecular weight is 422 g/mol. The van der Waals surface area contributed by atoms with Gasteiger partial charge in [0.05, 0.1) is 12.2 Å². The van der Waals surface area contributed by atoms with Gasteiger partial charge in [0.1, 0.15) is 28.7 Å². The van der Waals surface area contributed by atoms with Crippen molar-refractivity contribution in [1.29, 1.82) is 0 Å². The zero-order valence-electron chi connectivity index (χ0n) is 17.0. The molecule has 158 valence electrons. The van der Waals surface area contributed by atoms with Crippen LogP contribution in [0.2, 0.25) is 0 Å². The van der Waals surface area contributed by atoms with E-state index in [0.29, 0.717) is 23.1 Å². The predicted octanol–water partition coefficient (Wildman–Crippen LogP) is 5.50. The zero-order chi connectivity index (χ0) is 22.2. The van der Waals surface area contributed by atoms with Gasteiger partial charge in [0, 0.05) is 11.6 Å². The molecule has 0 aliphatic carbocycles. The molecule has 3 aromatic rings. The largest absolute Gasteiger partial charge is 0.457 e. The molecule has 31 heavy (non-hydrogen) atoms. The Hall–Kier alpha value is -3.74. The van der Waals surface area contributed by atoms with Crippen LogP contribution in [0.25, 0.3) is 0 Å². The van der Waals surface area contributed by atoms with Crippen molar-refractivity contribution in [3.63, 3.8) is 0 Å². The molecule has 1 fully saturated rings. The first kappa shape index (κ1) is 20.5. The molecule has 0 aromatic heterocycles. The topological polar surface area (TPSA) is 49.9 Å². The lowest BCUT2D eigenvalue weighted by molar-refractivity contribution is -0.123. The van der Waals surface area contributed by atoms with Crippen molar-refractivity contribution in [2.45, 2.75) is 25.9 Å². The van der Waals surface area contributed by atoms with Crippen LogP contribution in [0.1, 0.15) is 19.4 Å². The number of benzene rings is 3. The third kappa shape index (κ3) is 3.86. The summed E-state index contributed by atoms with van der Waals surface area (Å²) >= 11 is 0. The fourth-order valence-electron chi connectivity index (χ4n) is 3.52. The molecule has 3 amide bonds. The monoisotopic (exact) mass is 422 g/mol. The van der Waals surface area contributed by atoms with Crippen LogP contribution >= 0.6 is 0 Å². The van der Waals surface area contributed by atoms with Crippen LogP contribution in [0.4, 0.5) is 19.3 Å². The first-order valence-electron chi connectivity index (χ1n) is 9.70. The Morgan fingerprint density at radius 1 is 0.871 bits per heavy atom. The first-order chi connectivity index (χ1) is 14.8. The van der Waals surface area contributed by atoms with Gasteiger partial charge >= 0.3 is 6.03 Å². The summed E-state index contributed by atoms with van der Waals surface area (Å²) in [7, 11) is 0. The molecule has 4 rings (SSSR count). The standard InChI is InChI=1S/C24H20F2N2O3/c1-24(2)22(29)28(19-13-17(25)12-18(26)14-19)23(30)27(24)15-16-8-6-7-11-21(16)31-20-9-4-3-5-10-20/h3-14H,15H2,1-2H3. The lowest BCUT2D eigenvalue weighted by Gasteiger charge is -2.28. The number of carbonyl (C=O) groups excluding carboxylic acids is 2. The normalized spacial score (nSPS) is 15.5. The van der Waals surface area contributed by atoms with E-state index in [1.165, 1.54) is 4.90 Å². The minimum absolute atomic E-state index is 0.0783. The maximum absolute atomic E-state index is 13.7. The fourth-order valence-corrected chi connectivity index (χ4v) is 3.52. The van der Waals surface area contributed by atoms with Gasteiger partial charge < -0.3 is 9.64 Å². The Balaban J connectivity index is 1.66. The molecule has 0 atom stereocenters. The van der Waals surface area contributed by atoms with Gasteiger partial charge in [-0.25, -0.2) is 18.5 Å².